The molecule has 4 nitrogen and oxygen atoms in total. The Morgan fingerprint density at radius 1 is 1.10 bits per heavy atom. The second kappa shape index (κ2) is 9.40. The molecule has 2 atom stereocenters. The van der Waals surface area contributed by atoms with Gasteiger partial charge in [-0.15, -0.1) is 0 Å². The van der Waals surface area contributed by atoms with Gasteiger partial charge in [-0.3, -0.25) is 0 Å². The van der Waals surface area contributed by atoms with Gasteiger partial charge in [0.05, 0.1) is 0 Å². The average Bonchev–Trinajstić information content (AvgIpc) is 2.45. The van der Waals surface area contributed by atoms with Crippen molar-refractivity contribution in [3.63, 3.8) is 0 Å². The van der Waals surface area contributed by atoms with Gasteiger partial charge in [-0.2, -0.15) is 0 Å². The van der Waals surface area contributed by atoms with Gasteiger partial charge in [-0.05, 0) is 31.7 Å². The molecular weight excluding hydrogens is 262 g/mol. The van der Waals surface area contributed by atoms with Crippen molar-refractivity contribution >= 4 is 6.03 Å². The zero-order chi connectivity index (χ0) is 15.7. The van der Waals surface area contributed by atoms with E-state index in [-0.39, 0.29) is 18.1 Å². The van der Waals surface area contributed by atoms with Gasteiger partial charge < -0.3 is 16.0 Å². The zero-order valence-electron chi connectivity index (χ0n) is 13.6. The summed E-state index contributed by atoms with van der Waals surface area (Å²) >= 11 is 0. The van der Waals surface area contributed by atoms with Crippen molar-refractivity contribution in [2.24, 2.45) is 5.92 Å². The van der Waals surface area contributed by atoms with E-state index in [9.17, 15) is 4.79 Å². The van der Waals surface area contributed by atoms with Gasteiger partial charge in [0.15, 0.2) is 0 Å². The third kappa shape index (κ3) is 7.14. The average molecular weight is 291 g/mol. The lowest BCUT2D eigenvalue weighted by Gasteiger charge is -2.25. The second-order valence-electron chi connectivity index (χ2n) is 5.87. The first-order chi connectivity index (χ1) is 10.0. The van der Waals surface area contributed by atoms with E-state index in [0.29, 0.717) is 19.0 Å². The molecule has 118 valence electrons. The van der Waals surface area contributed by atoms with Crippen LogP contribution in [0.5, 0.6) is 0 Å². The fraction of sp³-hybridized carbons (Fsp3) is 0.588. The largest absolute Gasteiger partial charge is 0.338 e. The van der Waals surface area contributed by atoms with E-state index < -0.39 is 0 Å². The van der Waals surface area contributed by atoms with Gasteiger partial charge in [-0.1, -0.05) is 44.2 Å². The highest BCUT2D eigenvalue weighted by Gasteiger charge is 2.15. The number of benzene rings is 1. The Balaban J connectivity index is 2.54. The Kier molecular flexibility index (Phi) is 7.83. The number of hydrogen-bond acceptors (Lipinski definition) is 2. The minimum Gasteiger partial charge on any atom is -0.338 e. The predicted octanol–water partition coefficient (Wildman–Crippen LogP) is 3.07. The lowest BCUT2D eigenvalue weighted by atomic mass is 10.0. The maximum Gasteiger partial charge on any atom is 0.314 e. The molecule has 1 aromatic carbocycles. The van der Waals surface area contributed by atoms with Gasteiger partial charge in [-0.25, -0.2) is 4.79 Å². The Labute approximate surface area is 128 Å². The predicted molar refractivity (Wildman–Crippen MR) is 88.3 cm³/mol. The second-order valence-corrected chi connectivity index (χ2v) is 5.87. The summed E-state index contributed by atoms with van der Waals surface area (Å²) in [6.07, 6.45) is 1.03. The van der Waals surface area contributed by atoms with Crippen LogP contribution in [0.4, 0.5) is 4.79 Å². The fourth-order valence-corrected chi connectivity index (χ4v) is 2.41. The Morgan fingerprint density at radius 2 is 1.76 bits per heavy atom. The summed E-state index contributed by atoms with van der Waals surface area (Å²) in [5, 5.41) is 9.31. The highest BCUT2D eigenvalue weighted by molar-refractivity contribution is 5.73. The molecule has 0 spiro atoms. The van der Waals surface area contributed by atoms with Gasteiger partial charge in [0.25, 0.3) is 0 Å². The molecule has 0 unspecified atom stereocenters. The van der Waals surface area contributed by atoms with Crippen molar-refractivity contribution in [1.29, 1.82) is 0 Å². The van der Waals surface area contributed by atoms with Crippen LogP contribution in [-0.2, 0) is 0 Å². The molecule has 0 heterocycles. The Bertz CT molecular complexity index is 406. The zero-order valence-corrected chi connectivity index (χ0v) is 13.6. The summed E-state index contributed by atoms with van der Waals surface area (Å²) in [5.41, 5.74) is 1.27. The van der Waals surface area contributed by atoms with Crippen LogP contribution in [-0.4, -0.2) is 25.2 Å². The molecule has 0 aliphatic carbocycles. The standard InChI is InChI=1S/C17H29N3O/c1-5-18-17(21)19-12-16(11-13(2)3)20-14(4)15-9-7-6-8-10-15/h6-10,13-14,16,20H,5,11-12H2,1-4H3,(H2,18,19,21)/t14-,16-/m1/s1. The van der Waals surface area contributed by atoms with E-state index in [2.05, 4.69) is 61.0 Å². The number of rotatable bonds is 8. The quantitative estimate of drug-likeness (QED) is 0.689. The number of carbonyl (C=O) groups excluding carboxylic acids is 1. The minimum atomic E-state index is -0.0968. The fourth-order valence-electron chi connectivity index (χ4n) is 2.41. The molecular formula is C17H29N3O. The van der Waals surface area contributed by atoms with Gasteiger partial charge >= 0.3 is 6.03 Å². The summed E-state index contributed by atoms with van der Waals surface area (Å²) < 4.78 is 0. The normalized spacial score (nSPS) is 13.8. The number of nitrogens with one attached hydrogen (secondary N) is 3. The molecule has 0 aromatic heterocycles. The molecule has 0 saturated carbocycles. The third-order valence-electron chi connectivity index (χ3n) is 3.39. The number of carbonyl (C=O) groups is 1. The molecule has 3 N–H and O–H groups in total. The lowest BCUT2D eigenvalue weighted by molar-refractivity contribution is 0.238. The Hall–Kier alpha value is -1.55. The van der Waals surface area contributed by atoms with E-state index in [4.69, 9.17) is 0 Å². The summed E-state index contributed by atoms with van der Waals surface area (Å²) in [4.78, 5) is 11.5. The van der Waals surface area contributed by atoms with Crippen molar-refractivity contribution < 1.29 is 4.79 Å². The summed E-state index contributed by atoms with van der Waals surface area (Å²) in [6.45, 7) is 9.77. The van der Waals surface area contributed by atoms with Crippen molar-refractivity contribution in [3.05, 3.63) is 35.9 Å². The van der Waals surface area contributed by atoms with E-state index in [0.717, 1.165) is 6.42 Å². The van der Waals surface area contributed by atoms with Gasteiger partial charge in [0.1, 0.15) is 0 Å². The van der Waals surface area contributed by atoms with Crippen molar-refractivity contribution in [2.75, 3.05) is 13.1 Å². The van der Waals surface area contributed by atoms with Gasteiger partial charge in [0.2, 0.25) is 0 Å². The Morgan fingerprint density at radius 3 is 2.33 bits per heavy atom. The van der Waals surface area contributed by atoms with Crippen molar-refractivity contribution in [2.45, 2.75) is 46.2 Å². The maximum atomic E-state index is 11.5. The van der Waals surface area contributed by atoms with Crippen LogP contribution in [0.1, 0.15) is 45.7 Å². The van der Waals surface area contributed by atoms with Crippen molar-refractivity contribution in [3.8, 4) is 0 Å². The molecule has 0 radical (unpaired) electrons. The van der Waals surface area contributed by atoms with Crippen LogP contribution in [0.15, 0.2) is 30.3 Å². The monoisotopic (exact) mass is 291 g/mol. The highest BCUT2D eigenvalue weighted by Crippen LogP contribution is 2.14. The van der Waals surface area contributed by atoms with Crippen molar-refractivity contribution in [1.82, 2.24) is 16.0 Å². The summed E-state index contributed by atoms with van der Waals surface area (Å²) in [6, 6.07) is 10.8. The van der Waals surface area contributed by atoms with Crippen LogP contribution < -0.4 is 16.0 Å². The highest BCUT2D eigenvalue weighted by atomic mass is 16.2. The summed E-state index contributed by atoms with van der Waals surface area (Å²) in [7, 11) is 0. The molecule has 1 rings (SSSR count). The van der Waals surface area contributed by atoms with Crippen LogP contribution >= 0.6 is 0 Å². The number of amides is 2. The molecule has 0 fully saturated rings. The number of urea groups is 1. The SMILES string of the molecule is CCNC(=O)NC[C@@H](CC(C)C)N[C@H](C)c1ccccc1. The molecule has 0 bridgehead atoms. The topological polar surface area (TPSA) is 53.2 Å². The van der Waals surface area contributed by atoms with E-state index in [1.54, 1.807) is 0 Å². The number of hydrogen-bond donors (Lipinski definition) is 3. The molecule has 4 heteroatoms. The smallest absolute Gasteiger partial charge is 0.314 e. The first-order valence-corrected chi connectivity index (χ1v) is 7.85. The van der Waals surface area contributed by atoms with Crippen LogP contribution in [0.25, 0.3) is 0 Å². The van der Waals surface area contributed by atoms with E-state index in [1.165, 1.54) is 5.56 Å². The molecule has 0 aliphatic rings. The van der Waals surface area contributed by atoms with Gasteiger partial charge in [0, 0.05) is 25.2 Å². The maximum absolute atomic E-state index is 11.5. The lowest BCUT2D eigenvalue weighted by Crippen LogP contribution is -2.45. The van der Waals surface area contributed by atoms with E-state index in [1.807, 2.05) is 13.0 Å². The van der Waals surface area contributed by atoms with Crippen LogP contribution in [0, 0.1) is 5.92 Å². The van der Waals surface area contributed by atoms with E-state index >= 15 is 0 Å². The molecule has 1 aromatic rings. The van der Waals surface area contributed by atoms with Crippen LogP contribution in [0.2, 0.25) is 0 Å². The third-order valence-corrected chi connectivity index (χ3v) is 3.39. The first-order valence-electron chi connectivity index (χ1n) is 7.85. The van der Waals surface area contributed by atoms with Crippen LogP contribution in [0.3, 0.4) is 0 Å². The molecule has 0 saturated heterocycles. The summed E-state index contributed by atoms with van der Waals surface area (Å²) in [5.74, 6) is 0.585. The minimum absolute atomic E-state index is 0.0968. The molecule has 0 aliphatic heterocycles. The molecule has 2 amide bonds. The molecule has 21 heavy (non-hydrogen) atoms. The first kappa shape index (κ1) is 17.5.